The van der Waals surface area contributed by atoms with Gasteiger partial charge in [-0.1, -0.05) is 23.8 Å². The Morgan fingerprint density at radius 2 is 1.81 bits per heavy atom. The standard InChI is InChI=1S/C25H22FN3O3/c1-15-7-10-20(11-8-15)29-17(3)27-23-12-9-19(14-22(23)25(29)31)28-24(30)16(2)32-21-6-4-5-18(26)13-21/h4-14,16H,1-3H3,(H,28,30). The molecule has 0 aliphatic heterocycles. The quantitative estimate of drug-likeness (QED) is 0.503. The third kappa shape index (κ3) is 4.37. The van der Waals surface area contributed by atoms with E-state index in [-0.39, 0.29) is 11.3 Å². The van der Waals surface area contributed by atoms with Crippen molar-refractivity contribution in [2.75, 3.05) is 5.32 Å². The van der Waals surface area contributed by atoms with Crippen LogP contribution in [-0.4, -0.2) is 21.6 Å². The molecule has 3 aromatic carbocycles. The molecule has 1 unspecified atom stereocenters. The number of aromatic nitrogens is 2. The SMILES string of the molecule is Cc1ccc(-n2c(C)nc3ccc(NC(=O)C(C)Oc4cccc(F)c4)cc3c2=O)cc1. The van der Waals surface area contributed by atoms with Crippen molar-refractivity contribution in [3.05, 3.63) is 94.3 Å². The molecule has 1 amide bonds. The largest absolute Gasteiger partial charge is 0.481 e. The first-order valence-electron chi connectivity index (χ1n) is 10.2. The predicted molar refractivity (Wildman–Crippen MR) is 122 cm³/mol. The van der Waals surface area contributed by atoms with Crippen molar-refractivity contribution < 1.29 is 13.9 Å². The third-order valence-corrected chi connectivity index (χ3v) is 5.07. The molecule has 32 heavy (non-hydrogen) atoms. The smallest absolute Gasteiger partial charge is 0.266 e. The Labute approximate surface area is 184 Å². The molecule has 162 valence electrons. The molecule has 0 saturated heterocycles. The number of carbonyl (C=O) groups excluding carboxylic acids is 1. The van der Waals surface area contributed by atoms with Crippen LogP contribution in [0, 0.1) is 19.7 Å². The van der Waals surface area contributed by atoms with Gasteiger partial charge in [0.2, 0.25) is 0 Å². The molecule has 0 spiro atoms. The Bertz CT molecular complexity index is 1360. The molecule has 0 radical (unpaired) electrons. The van der Waals surface area contributed by atoms with Gasteiger partial charge in [0.25, 0.3) is 11.5 Å². The monoisotopic (exact) mass is 431 g/mol. The van der Waals surface area contributed by atoms with Crippen LogP contribution in [-0.2, 0) is 4.79 Å². The number of aryl methyl sites for hydroxylation is 2. The fourth-order valence-electron chi connectivity index (χ4n) is 3.41. The summed E-state index contributed by atoms with van der Waals surface area (Å²) in [5, 5.41) is 3.13. The molecule has 7 heteroatoms. The van der Waals surface area contributed by atoms with Crippen molar-refractivity contribution in [1.82, 2.24) is 9.55 Å². The van der Waals surface area contributed by atoms with Gasteiger partial charge in [-0.3, -0.25) is 14.2 Å². The summed E-state index contributed by atoms with van der Waals surface area (Å²) in [6, 6.07) is 18.2. The maximum atomic E-state index is 13.3. The molecule has 0 aliphatic rings. The summed E-state index contributed by atoms with van der Waals surface area (Å²) in [7, 11) is 0. The number of hydrogen-bond acceptors (Lipinski definition) is 4. The van der Waals surface area contributed by atoms with E-state index < -0.39 is 17.8 Å². The molecule has 1 N–H and O–H groups in total. The van der Waals surface area contributed by atoms with E-state index >= 15 is 0 Å². The van der Waals surface area contributed by atoms with E-state index in [1.54, 1.807) is 42.7 Å². The molecule has 1 heterocycles. The van der Waals surface area contributed by atoms with E-state index in [0.29, 0.717) is 22.4 Å². The molecule has 0 saturated carbocycles. The average Bonchev–Trinajstić information content (AvgIpc) is 2.75. The number of carbonyl (C=O) groups is 1. The second-order valence-electron chi connectivity index (χ2n) is 7.57. The highest BCUT2D eigenvalue weighted by Crippen LogP contribution is 2.19. The Hall–Kier alpha value is -4.00. The number of ether oxygens (including phenoxy) is 1. The number of rotatable bonds is 5. The topological polar surface area (TPSA) is 73.2 Å². The van der Waals surface area contributed by atoms with Gasteiger partial charge in [0, 0.05) is 11.8 Å². The van der Waals surface area contributed by atoms with Crippen molar-refractivity contribution in [2.45, 2.75) is 26.9 Å². The first-order valence-corrected chi connectivity index (χ1v) is 10.2. The van der Waals surface area contributed by atoms with Gasteiger partial charge in [-0.2, -0.15) is 0 Å². The number of benzene rings is 3. The van der Waals surface area contributed by atoms with Gasteiger partial charge < -0.3 is 10.1 Å². The molecule has 0 aliphatic carbocycles. The van der Waals surface area contributed by atoms with Gasteiger partial charge in [0.1, 0.15) is 17.4 Å². The van der Waals surface area contributed by atoms with Crippen molar-refractivity contribution in [3.63, 3.8) is 0 Å². The van der Waals surface area contributed by atoms with Crippen molar-refractivity contribution in [3.8, 4) is 11.4 Å². The second kappa shape index (κ2) is 8.63. The van der Waals surface area contributed by atoms with Crippen LogP contribution in [0.15, 0.2) is 71.5 Å². The number of hydrogen-bond donors (Lipinski definition) is 1. The minimum atomic E-state index is -0.868. The van der Waals surface area contributed by atoms with E-state index in [9.17, 15) is 14.0 Å². The van der Waals surface area contributed by atoms with E-state index in [2.05, 4.69) is 10.3 Å². The van der Waals surface area contributed by atoms with Gasteiger partial charge in [-0.05, 0) is 63.2 Å². The van der Waals surface area contributed by atoms with Gasteiger partial charge in [-0.25, -0.2) is 9.37 Å². The normalized spacial score (nSPS) is 11.9. The zero-order valence-electron chi connectivity index (χ0n) is 17.9. The lowest BCUT2D eigenvalue weighted by Crippen LogP contribution is -2.30. The van der Waals surface area contributed by atoms with Crippen LogP contribution in [0.4, 0.5) is 10.1 Å². The van der Waals surface area contributed by atoms with Gasteiger partial charge in [-0.15, -0.1) is 0 Å². The number of halogens is 1. The summed E-state index contributed by atoms with van der Waals surface area (Å²) in [5.74, 6) is -0.0445. The minimum Gasteiger partial charge on any atom is -0.481 e. The van der Waals surface area contributed by atoms with Crippen molar-refractivity contribution in [1.29, 1.82) is 0 Å². The van der Waals surface area contributed by atoms with Crippen LogP contribution in [0.2, 0.25) is 0 Å². The second-order valence-corrected chi connectivity index (χ2v) is 7.57. The summed E-state index contributed by atoms with van der Waals surface area (Å²) in [6.45, 7) is 5.32. The first-order chi connectivity index (χ1) is 15.3. The Morgan fingerprint density at radius 1 is 1.06 bits per heavy atom. The van der Waals surface area contributed by atoms with Gasteiger partial charge >= 0.3 is 0 Å². The number of anilines is 1. The maximum Gasteiger partial charge on any atom is 0.266 e. The molecule has 1 atom stereocenters. The highest BCUT2D eigenvalue weighted by molar-refractivity contribution is 5.96. The molecule has 6 nitrogen and oxygen atoms in total. The minimum absolute atomic E-state index is 0.225. The van der Waals surface area contributed by atoms with Gasteiger partial charge in [0.15, 0.2) is 6.10 Å². The summed E-state index contributed by atoms with van der Waals surface area (Å²) < 4.78 is 20.4. The third-order valence-electron chi connectivity index (χ3n) is 5.07. The van der Waals surface area contributed by atoms with E-state index in [1.165, 1.54) is 18.2 Å². The molecular formula is C25H22FN3O3. The zero-order chi connectivity index (χ0) is 22.8. The van der Waals surface area contributed by atoms with E-state index in [4.69, 9.17) is 4.74 Å². The summed E-state index contributed by atoms with van der Waals surface area (Å²) in [4.78, 5) is 30.3. The van der Waals surface area contributed by atoms with Crippen LogP contribution >= 0.6 is 0 Å². The van der Waals surface area contributed by atoms with Crippen LogP contribution in [0.5, 0.6) is 5.75 Å². The number of fused-ring (bicyclic) bond motifs is 1. The molecule has 0 fully saturated rings. The van der Waals surface area contributed by atoms with Crippen molar-refractivity contribution in [2.24, 2.45) is 0 Å². The Kier molecular flexibility index (Phi) is 5.73. The predicted octanol–water partition coefficient (Wildman–Crippen LogP) is 4.55. The average molecular weight is 431 g/mol. The molecule has 4 aromatic rings. The van der Waals surface area contributed by atoms with Crippen LogP contribution in [0.1, 0.15) is 18.3 Å². The Morgan fingerprint density at radius 3 is 2.53 bits per heavy atom. The maximum absolute atomic E-state index is 13.3. The molecule has 1 aromatic heterocycles. The number of nitrogens with one attached hydrogen (secondary N) is 1. The van der Waals surface area contributed by atoms with Crippen LogP contribution in [0.3, 0.4) is 0 Å². The lowest BCUT2D eigenvalue weighted by atomic mass is 10.2. The number of nitrogens with zero attached hydrogens (tertiary/aromatic N) is 2. The summed E-state index contributed by atoms with van der Waals surface area (Å²) in [6.07, 6.45) is -0.868. The highest BCUT2D eigenvalue weighted by Gasteiger charge is 2.17. The summed E-state index contributed by atoms with van der Waals surface area (Å²) >= 11 is 0. The zero-order valence-corrected chi connectivity index (χ0v) is 17.9. The van der Waals surface area contributed by atoms with Crippen LogP contribution in [0.25, 0.3) is 16.6 Å². The van der Waals surface area contributed by atoms with E-state index in [0.717, 1.165) is 11.3 Å². The molecule has 0 bridgehead atoms. The highest BCUT2D eigenvalue weighted by atomic mass is 19.1. The first kappa shape index (κ1) is 21.2. The lowest BCUT2D eigenvalue weighted by molar-refractivity contribution is -0.122. The number of amides is 1. The van der Waals surface area contributed by atoms with E-state index in [1.807, 2.05) is 31.2 Å². The molecular weight excluding hydrogens is 409 g/mol. The Balaban J connectivity index is 1.62. The fraction of sp³-hybridized carbons (Fsp3) is 0.160. The fourth-order valence-corrected chi connectivity index (χ4v) is 3.41. The van der Waals surface area contributed by atoms with Crippen molar-refractivity contribution >= 4 is 22.5 Å². The summed E-state index contributed by atoms with van der Waals surface area (Å²) in [5.41, 5.74) is 2.57. The molecule has 4 rings (SSSR count). The lowest BCUT2D eigenvalue weighted by Gasteiger charge is -2.15. The van der Waals surface area contributed by atoms with Gasteiger partial charge in [0.05, 0.1) is 16.6 Å². The van der Waals surface area contributed by atoms with Crippen LogP contribution < -0.4 is 15.6 Å².